The van der Waals surface area contributed by atoms with E-state index in [4.69, 9.17) is 34.6 Å². The van der Waals surface area contributed by atoms with Crippen molar-refractivity contribution in [3.05, 3.63) is 78.6 Å². The number of rotatable bonds is 16. The number of hydrogen-bond donors (Lipinski definition) is 5. The highest BCUT2D eigenvalue weighted by atomic mass is 35.5. The molecule has 0 spiro atoms. The third-order valence-electron chi connectivity index (χ3n) is 9.66. The highest BCUT2D eigenvalue weighted by Gasteiger charge is 2.48. The standard InChI is InChI=1S/C35H41ClN7O14P/c1-16(2)30(46)39-34-38-29-28(32(48)40-34)37-15-43(29)27-11-23(24(13-44)54-27)57-58(52,56-22-8-6-5-7-21(22)36)53-14-25-19(20(33(49)50)9-18(4)45)10-26(55-25)42-12-17(3)31(47)41-35(42)51/h5-8,12,15-16,19-20,23-27,44H,9-11,13-14H2,1-4H3,(H,49,50)(H,41,47,51)(H2,38,39,40,46,48)/t19-,20?,23-,24+,25-,26+,27+,58?/m0/s1. The number of fused-ring (bicyclic) bond motifs is 1. The van der Waals surface area contributed by atoms with Crippen LogP contribution in [0, 0.1) is 24.7 Å². The van der Waals surface area contributed by atoms with Crippen molar-refractivity contribution >= 4 is 54.2 Å². The Hall–Kier alpha value is -5.02. The molecule has 2 aliphatic heterocycles. The Labute approximate surface area is 333 Å². The van der Waals surface area contributed by atoms with E-state index in [2.05, 4.69) is 25.3 Å². The number of aliphatic hydroxyl groups is 1. The number of H-pyrrole nitrogens is 2. The molecule has 5 N–H and O–H groups in total. The second kappa shape index (κ2) is 17.5. The van der Waals surface area contributed by atoms with Gasteiger partial charge in [0.15, 0.2) is 11.2 Å². The van der Waals surface area contributed by atoms with Gasteiger partial charge in [-0.15, -0.1) is 0 Å². The molecule has 3 aromatic heterocycles. The molecule has 21 nitrogen and oxygen atoms in total. The Morgan fingerprint density at radius 3 is 2.45 bits per heavy atom. The summed E-state index contributed by atoms with van der Waals surface area (Å²) in [6.45, 7) is 4.69. The first kappa shape index (κ1) is 42.6. The molecule has 2 aliphatic rings. The van der Waals surface area contributed by atoms with Crippen molar-refractivity contribution in [2.24, 2.45) is 17.8 Å². The van der Waals surface area contributed by atoms with E-state index in [1.165, 1.54) is 49.1 Å². The fourth-order valence-electron chi connectivity index (χ4n) is 6.69. The second-order valence-electron chi connectivity index (χ2n) is 14.2. The molecule has 23 heteroatoms. The van der Waals surface area contributed by atoms with Crippen LogP contribution in [0.3, 0.4) is 0 Å². The topological polar surface area (TPSA) is 285 Å². The molecule has 2 unspecified atom stereocenters. The van der Waals surface area contributed by atoms with Crippen LogP contribution in [-0.4, -0.2) is 88.5 Å². The fourth-order valence-corrected chi connectivity index (χ4v) is 8.36. The number of carbonyl (C=O) groups is 3. The van der Waals surface area contributed by atoms with Crippen molar-refractivity contribution in [3.8, 4) is 5.75 Å². The number of amides is 1. The normalized spacial score (nSPS) is 23.5. The first-order chi connectivity index (χ1) is 27.5. The Bertz CT molecular complexity index is 2430. The Morgan fingerprint density at radius 2 is 1.78 bits per heavy atom. The number of nitrogens with zero attached hydrogens (tertiary/aromatic N) is 4. The number of hydrogen-bond acceptors (Lipinski definition) is 15. The predicted octanol–water partition coefficient (Wildman–Crippen LogP) is 2.68. The van der Waals surface area contributed by atoms with Gasteiger partial charge in [0.1, 0.15) is 36.2 Å². The second-order valence-corrected chi connectivity index (χ2v) is 16.2. The minimum absolute atomic E-state index is 0.0194. The van der Waals surface area contributed by atoms with E-state index in [-0.39, 0.29) is 46.3 Å². The van der Waals surface area contributed by atoms with Gasteiger partial charge in [-0.25, -0.2) is 14.3 Å². The number of ketones is 1. The number of Topliss-reactive ketones (excluding diaryl/α,β-unsaturated/α-hetero) is 1. The molecule has 6 rings (SSSR count). The van der Waals surface area contributed by atoms with Gasteiger partial charge in [-0.1, -0.05) is 37.6 Å². The number of phosphoric acid groups is 1. The monoisotopic (exact) mass is 849 g/mol. The van der Waals surface area contributed by atoms with E-state index in [0.717, 1.165) is 4.57 Å². The van der Waals surface area contributed by atoms with Crippen molar-refractivity contribution in [2.75, 3.05) is 18.5 Å². The average Bonchev–Trinajstić information content (AvgIpc) is 3.89. The van der Waals surface area contributed by atoms with Gasteiger partial charge in [-0.2, -0.15) is 4.98 Å². The van der Waals surface area contributed by atoms with Crippen molar-refractivity contribution in [3.63, 3.8) is 0 Å². The number of carbonyl (C=O) groups excluding carboxylic acids is 2. The molecule has 4 aromatic rings. The molecular weight excluding hydrogens is 809 g/mol. The molecule has 8 atom stereocenters. The molecule has 1 aromatic carbocycles. The number of carboxylic acid groups (broad SMARTS) is 1. The number of aryl methyl sites for hydroxylation is 1. The summed E-state index contributed by atoms with van der Waals surface area (Å²) in [6.07, 6.45) is -3.93. The SMILES string of the molecule is CC(=O)CC(C(=O)O)[C@@H]1C[C@H](n2cc(C)c(=O)[nH]c2=O)O[C@H]1COP(=O)(Oc1ccccc1Cl)O[C@H]1C[C@H](n2cnc3c(=O)[nH]c(NC(=O)C(C)C)nc32)O[C@@H]1CO. The maximum Gasteiger partial charge on any atom is 0.530 e. The number of carboxylic acids is 1. The third-order valence-corrected chi connectivity index (χ3v) is 11.4. The van der Waals surface area contributed by atoms with E-state index in [9.17, 15) is 43.5 Å². The van der Waals surface area contributed by atoms with Crippen LogP contribution in [-0.2, 0) is 37.5 Å². The molecule has 2 saturated heterocycles. The largest absolute Gasteiger partial charge is 0.530 e. The Morgan fingerprint density at radius 1 is 1.07 bits per heavy atom. The van der Waals surface area contributed by atoms with Crippen molar-refractivity contribution in [2.45, 2.75) is 77.7 Å². The summed E-state index contributed by atoms with van der Waals surface area (Å²) in [5, 5.41) is 23.1. The maximum atomic E-state index is 14.7. The molecule has 1 amide bonds. The molecule has 5 heterocycles. The molecule has 312 valence electrons. The zero-order valence-corrected chi connectivity index (χ0v) is 33.2. The van der Waals surface area contributed by atoms with E-state index in [0.29, 0.717) is 0 Å². The molecule has 0 aliphatic carbocycles. The average molecular weight is 850 g/mol. The Kier molecular flexibility index (Phi) is 12.8. The smallest absolute Gasteiger partial charge is 0.481 e. The summed E-state index contributed by atoms with van der Waals surface area (Å²) in [5.41, 5.74) is -2.00. The number of aliphatic hydroxyl groups excluding tert-OH is 1. The zero-order chi connectivity index (χ0) is 42.1. The van der Waals surface area contributed by atoms with Crippen molar-refractivity contribution < 1.29 is 52.2 Å². The minimum Gasteiger partial charge on any atom is -0.481 e. The van der Waals surface area contributed by atoms with Crippen molar-refractivity contribution in [1.82, 2.24) is 29.1 Å². The van der Waals surface area contributed by atoms with Gasteiger partial charge in [0, 0.05) is 36.4 Å². The van der Waals surface area contributed by atoms with E-state index < -0.39 is 110 Å². The van der Waals surface area contributed by atoms with Crippen LogP contribution in [0.25, 0.3) is 11.2 Å². The Balaban J connectivity index is 1.30. The summed E-state index contributed by atoms with van der Waals surface area (Å²) in [4.78, 5) is 87.9. The number of phosphoric ester groups is 1. The van der Waals surface area contributed by atoms with Crippen LogP contribution in [0.2, 0.25) is 5.02 Å². The van der Waals surface area contributed by atoms with Crippen molar-refractivity contribution in [1.29, 1.82) is 0 Å². The molecule has 0 radical (unpaired) electrons. The lowest BCUT2D eigenvalue weighted by atomic mass is 9.83. The number of aliphatic carboxylic acids is 1. The molecule has 58 heavy (non-hydrogen) atoms. The molecule has 0 saturated carbocycles. The quantitative estimate of drug-likeness (QED) is 0.101. The zero-order valence-electron chi connectivity index (χ0n) is 31.5. The van der Waals surface area contributed by atoms with Gasteiger partial charge in [0.05, 0.1) is 36.6 Å². The summed E-state index contributed by atoms with van der Waals surface area (Å²) in [5.74, 6) is -5.18. The number of aromatic nitrogens is 6. The van der Waals surface area contributed by atoms with Crippen LogP contribution >= 0.6 is 19.4 Å². The first-order valence-electron chi connectivity index (χ1n) is 18.1. The third kappa shape index (κ3) is 9.31. The summed E-state index contributed by atoms with van der Waals surface area (Å²) < 4.78 is 47.1. The van der Waals surface area contributed by atoms with Gasteiger partial charge < -0.3 is 29.0 Å². The van der Waals surface area contributed by atoms with Gasteiger partial charge >= 0.3 is 19.5 Å². The number of nitrogens with one attached hydrogen (secondary N) is 3. The van der Waals surface area contributed by atoms with Crippen LogP contribution in [0.1, 0.15) is 58.1 Å². The van der Waals surface area contributed by atoms with Gasteiger partial charge in [-0.3, -0.25) is 52.6 Å². The highest BCUT2D eigenvalue weighted by Crippen LogP contribution is 2.55. The number of imidazole rings is 1. The van der Waals surface area contributed by atoms with E-state index in [1.54, 1.807) is 19.9 Å². The van der Waals surface area contributed by atoms with Gasteiger partial charge in [-0.05, 0) is 32.4 Å². The van der Waals surface area contributed by atoms with Crippen LogP contribution < -0.4 is 26.6 Å². The lowest BCUT2D eigenvalue weighted by Gasteiger charge is -2.27. The van der Waals surface area contributed by atoms with Crippen LogP contribution in [0.4, 0.5) is 5.95 Å². The van der Waals surface area contributed by atoms with Gasteiger partial charge in [0.25, 0.3) is 11.1 Å². The number of aromatic amines is 2. The fraction of sp³-hybridized carbons (Fsp3) is 0.486. The number of para-hydroxylation sites is 1. The minimum atomic E-state index is -4.87. The lowest BCUT2D eigenvalue weighted by molar-refractivity contribution is -0.147. The predicted molar refractivity (Wildman–Crippen MR) is 202 cm³/mol. The molecule has 2 fully saturated rings. The number of anilines is 1. The maximum absolute atomic E-state index is 14.7. The number of halogens is 1. The number of benzene rings is 1. The number of ether oxygens (including phenoxy) is 2. The summed E-state index contributed by atoms with van der Waals surface area (Å²) >= 11 is 6.35. The molecular formula is C35H41ClN7O14P. The van der Waals surface area contributed by atoms with Crippen LogP contribution in [0.15, 0.2) is 51.2 Å². The molecule has 0 bridgehead atoms. The summed E-state index contributed by atoms with van der Waals surface area (Å²) in [6, 6.07) is 5.97. The van der Waals surface area contributed by atoms with Gasteiger partial charge in [0.2, 0.25) is 11.9 Å². The lowest BCUT2D eigenvalue weighted by Crippen LogP contribution is -2.34. The summed E-state index contributed by atoms with van der Waals surface area (Å²) in [7, 11) is -4.87. The highest BCUT2D eigenvalue weighted by molar-refractivity contribution is 7.49. The van der Waals surface area contributed by atoms with E-state index >= 15 is 0 Å². The first-order valence-corrected chi connectivity index (χ1v) is 19.9. The van der Waals surface area contributed by atoms with E-state index in [1.807, 2.05) is 0 Å². The van der Waals surface area contributed by atoms with Crippen LogP contribution in [0.5, 0.6) is 5.75 Å².